The second kappa shape index (κ2) is 6.16. The average Bonchev–Trinajstić information content (AvgIpc) is 2.99. The average molecular weight is 263 g/mol. The topological polar surface area (TPSA) is 29.9 Å². The van der Waals surface area contributed by atoms with Gasteiger partial charge >= 0.3 is 0 Å². The lowest BCUT2D eigenvalue weighted by atomic mass is 10.2. The molecule has 0 aliphatic rings. The van der Waals surface area contributed by atoms with E-state index in [-0.39, 0.29) is 0 Å². The summed E-state index contributed by atoms with van der Waals surface area (Å²) in [5.74, 6) is 1.76. The van der Waals surface area contributed by atoms with Gasteiger partial charge < -0.3 is 9.88 Å². The first kappa shape index (κ1) is 13.3. The summed E-state index contributed by atoms with van der Waals surface area (Å²) in [6.07, 6.45) is 3.95. The molecule has 18 heavy (non-hydrogen) atoms. The summed E-state index contributed by atoms with van der Waals surface area (Å²) in [5.41, 5.74) is 0. The summed E-state index contributed by atoms with van der Waals surface area (Å²) in [6.45, 7) is 8.73. The Morgan fingerprint density at radius 3 is 2.83 bits per heavy atom. The van der Waals surface area contributed by atoms with Crippen LogP contribution in [0.2, 0.25) is 0 Å². The molecule has 0 bridgehead atoms. The maximum atomic E-state index is 4.47. The van der Waals surface area contributed by atoms with Crippen LogP contribution < -0.4 is 5.32 Å². The van der Waals surface area contributed by atoms with Crippen molar-refractivity contribution in [2.45, 2.75) is 26.8 Å². The molecule has 0 spiro atoms. The number of aromatic nitrogens is 2. The molecule has 0 radical (unpaired) electrons. The van der Waals surface area contributed by atoms with Crippen molar-refractivity contribution < 1.29 is 0 Å². The highest BCUT2D eigenvalue weighted by molar-refractivity contribution is 7.13. The van der Waals surface area contributed by atoms with Crippen molar-refractivity contribution in [1.29, 1.82) is 0 Å². The third-order valence-corrected chi connectivity index (χ3v) is 3.74. The molecular weight excluding hydrogens is 242 g/mol. The molecular formula is C14H21N3S. The number of rotatable bonds is 6. The standard InChI is InChI=1S/C14H21N3S/c1-11(2)9-15-10-12(3)17-7-6-16-14(17)13-5-4-8-18-13/h4-8,11-12,15H,9-10H2,1-3H3. The summed E-state index contributed by atoms with van der Waals surface area (Å²) in [7, 11) is 0. The van der Waals surface area contributed by atoms with Crippen molar-refractivity contribution in [3.63, 3.8) is 0 Å². The molecule has 2 rings (SSSR count). The fraction of sp³-hybridized carbons (Fsp3) is 0.500. The SMILES string of the molecule is CC(C)CNCC(C)n1ccnc1-c1cccs1. The number of thiophene rings is 1. The quantitative estimate of drug-likeness (QED) is 0.865. The Morgan fingerprint density at radius 2 is 2.17 bits per heavy atom. The van der Waals surface area contributed by atoms with Gasteiger partial charge in [0, 0.05) is 25.0 Å². The minimum Gasteiger partial charge on any atom is -0.326 e. The van der Waals surface area contributed by atoms with Crippen LogP contribution in [0.4, 0.5) is 0 Å². The number of imidazole rings is 1. The molecule has 2 aromatic heterocycles. The van der Waals surface area contributed by atoms with Gasteiger partial charge in [0.25, 0.3) is 0 Å². The molecule has 0 amide bonds. The summed E-state index contributed by atoms with van der Waals surface area (Å²) in [5, 5.41) is 5.59. The lowest BCUT2D eigenvalue weighted by Crippen LogP contribution is -2.26. The van der Waals surface area contributed by atoms with Crippen molar-refractivity contribution in [2.24, 2.45) is 5.92 Å². The maximum Gasteiger partial charge on any atom is 0.150 e. The van der Waals surface area contributed by atoms with Crippen molar-refractivity contribution in [1.82, 2.24) is 14.9 Å². The molecule has 0 fully saturated rings. The Balaban J connectivity index is 2.03. The molecule has 0 aliphatic carbocycles. The van der Waals surface area contributed by atoms with Crippen LogP contribution in [0.5, 0.6) is 0 Å². The molecule has 1 atom stereocenters. The monoisotopic (exact) mass is 263 g/mol. The third kappa shape index (κ3) is 3.21. The van der Waals surface area contributed by atoms with Crippen LogP contribution in [0, 0.1) is 5.92 Å². The number of nitrogens with zero attached hydrogens (tertiary/aromatic N) is 2. The molecule has 1 N–H and O–H groups in total. The van der Waals surface area contributed by atoms with Crippen molar-refractivity contribution >= 4 is 11.3 Å². The minimum atomic E-state index is 0.420. The van der Waals surface area contributed by atoms with E-state index in [0.29, 0.717) is 12.0 Å². The van der Waals surface area contributed by atoms with Gasteiger partial charge in [-0.3, -0.25) is 0 Å². The maximum absolute atomic E-state index is 4.47. The molecule has 0 saturated carbocycles. The van der Waals surface area contributed by atoms with E-state index in [1.54, 1.807) is 11.3 Å². The largest absolute Gasteiger partial charge is 0.326 e. The van der Waals surface area contributed by atoms with Gasteiger partial charge in [0.1, 0.15) is 5.82 Å². The van der Waals surface area contributed by atoms with E-state index in [4.69, 9.17) is 0 Å². The zero-order valence-corrected chi connectivity index (χ0v) is 12.1. The van der Waals surface area contributed by atoms with Gasteiger partial charge in [-0.2, -0.15) is 0 Å². The van der Waals surface area contributed by atoms with Gasteiger partial charge in [-0.1, -0.05) is 19.9 Å². The Labute approximate surface area is 113 Å². The van der Waals surface area contributed by atoms with Gasteiger partial charge in [-0.15, -0.1) is 11.3 Å². The highest BCUT2D eigenvalue weighted by Gasteiger charge is 2.12. The first-order valence-electron chi connectivity index (χ1n) is 6.46. The van der Waals surface area contributed by atoms with E-state index in [9.17, 15) is 0 Å². The molecule has 3 nitrogen and oxygen atoms in total. The fourth-order valence-electron chi connectivity index (χ4n) is 1.94. The van der Waals surface area contributed by atoms with Crippen molar-refractivity contribution in [3.05, 3.63) is 29.9 Å². The minimum absolute atomic E-state index is 0.420. The van der Waals surface area contributed by atoms with Crippen LogP contribution in [0.25, 0.3) is 10.7 Å². The van der Waals surface area contributed by atoms with E-state index in [2.05, 4.69) is 59.3 Å². The first-order valence-corrected chi connectivity index (χ1v) is 7.34. The Kier molecular flexibility index (Phi) is 4.55. The Morgan fingerprint density at radius 1 is 1.33 bits per heavy atom. The molecule has 0 aromatic carbocycles. The zero-order chi connectivity index (χ0) is 13.0. The normalized spacial score (nSPS) is 13.1. The van der Waals surface area contributed by atoms with Gasteiger partial charge in [0.05, 0.1) is 4.88 Å². The summed E-state index contributed by atoms with van der Waals surface area (Å²) < 4.78 is 2.25. The molecule has 0 aliphatic heterocycles. The molecule has 2 heterocycles. The van der Waals surface area contributed by atoms with Gasteiger partial charge in [0.15, 0.2) is 0 Å². The summed E-state index contributed by atoms with van der Waals surface area (Å²) in [4.78, 5) is 5.70. The van der Waals surface area contributed by atoms with Crippen molar-refractivity contribution in [2.75, 3.05) is 13.1 Å². The highest BCUT2D eigenvalue weighted by Crippen LogP contribution is 2.25. The van der Waals surface area contributed by atoms with Crippen LogP contribution in [-0.2, 0) is 0 Å². The third-order valence-electron chi connectivity index (χ3n) is 2.88. The van der Waals surface area contributed by atoms with Crippen LogP contribution >= 0.6 is 11.3 Å². The van der Waals surface area contributed by atoms with Crippen molar-refractivity contribution in [3.8, 4) is 10.7 Å². The smallest absolute Gasteiger partial charge is 0.150 e. The second-order valence-corrected chi connectivity index (χ2v) is 5.98. The second-order valence-electron chi connectivity index (χ2n) is 5.04. The van der Waals surface area contributed by atoms with Crippen LogP contribution in [0.1, 0.15) is 26.8 Å². The van der Waals surface area contributed by atoms with E-state index in [1.165, 1.54) is 4.88 Å². The van der Waals surface area contributed by atoms with Crippen LogP contribution in [0.15, 0.2) is 29.9 Å². The van der Waals surface area contributed by atoms with Gasteiger partial charge in [-0.05, 0) is 30.8 Å². The Bertz CT molecular complexity index is 459. The summed E-state index contributed by atoms with van der Waals surface area (Å²) in [6, 6.07) is 4.61. The predicted molar refractivity (Wildman–Crippen MR) is 78.0 cm³/mol. The highest BCUT2D eigenvalue weighted by atomic mass is 32.1. The molecule has 2 aromatic rings. The van der Waals surface area contributed by atoms with E-state index >= 15 is 0 Å². The van der Waals surface area contributed by atoms with Crippen LogP contribution in [0.3, 0.4) is 0 Å². The number of hydrogen-bond donors (Lipinski definition) is 1. The van der Waals surface area contributed by atoms with E-state index in [0.717, 1.165) is 18.9 Å². The first-order chi connectivity index (χ1) is 8.68. The van der Waals surface area contributed by atoms with Gasteiger partial charge in [0.2, 0.25) is 0 Å². The Hall–Kier alpha value is -1.13. The number of nitrogens with one attached hydrogen (secondary N) is 1. The molecule has 4 heteroatoms. The number of hydrogen-bond acceptors (Lipinski definition) is 3. The van der Waals surface area contributed by atoms with Gasteiger partial charge in [-0.25, -0.2) is 4.98 Å². The van der Waals surface area contributed by atoms with E-state index < -0.39 is 0 Å². The summed E-state index contributed by atoms with van der Waals surface area (Å²) >= 11 is 1.74. The van der Waals surface area contributed by atoms with Crippen LogP contribution in [-0.4, -0.2) is 22.6 Å². The lowest BCUT2D eigenvalue weighted by Gasteiger charge is -2.17. The zero-order valence-electron chi connectivity index (χ0n) is 11.3. The lowest BCUT2D eigenvalue weighted by molar-refractivity contribution is 0.466. The molecule has 0 saturated heterocycles. The van der Waals surface area contributed by atoms with E-state index in [1.807, 2.05) is 6.20 Å². The fourth-order valence-corrected chi connectivity index (χ4v) is 2.67. The molecule has 98 valence electrons. The molecule has 1 unspecified atom stereocenters. The predicted octanol–water partition coefficient (Wildman–Crippen LogP) is 3.42.